The van der Waals surface area contributed by atoms with Gasteiger partial charge in [0, 0.05) is 44.0 Å². The summed E-state index contributed by atoms with van der Waals surface area (Å²) in [7, 11) is 0. The van der Waals surface area contributed by atoms with Gasteiger partial charge in [0.25, 0.3) is 0 Å². The van der Waals surface area contributed by atoms with Gasteiger partial charge in [-0.1, -0.05) is 0 Å². The lowest BCUT2D eigenvalue weighted by Crippen LogP contribution is -2.58. The van der Waals surface area contributed by atoms with E-state index in [1.807, 2.05) is 4.90 Å². The third kappa shape index (κ3) is 5.84. The Hall–Kier alpha value is -4.23. The summed E-state index contributed by atoms with van der Waals surface area (Å²) in [6.07, 6.45) is 2.43. The van der Waals surface area contributed by atoms with Crippen LogP contribution >= 0.6 is 0 Å². The van der Waals surface area contributed by atoms with Gasteiger partial charge in [-0.2, -0.15) is 4.98 Å². The number of esters is 2. The van der Waals surface area contributed by atoms with E-state index in [-0.39, 0.29) is 37.0 Å². The van der Waals surface area contributed by atoms with Gasteiger partial charge in [-0.25, -0.2) is 29.3 Å². The zero-order valence-corrected chi connectivity index (χ0v) is 21.9. The van der Waals surface area contributed by atoms with Crippen LogP contribution < -0.4 is 15.5 Å². The predicted molar refractivity (Wildman–Crippen MR) is 136 cm³/mol. The minimum Gasteiger partial charge on any atom is -0.465 e. The number of rotatable bonds is 5. The summed E-state index contributed by atoms with van der Waals surface area (Å²) in [6.45, 7) is 8.78. The van der Waals surface area contributed by atoms with Crippen LogP contribution in [0, 0.1) is 0 Å². The van der Waals surface area contributed by atoms with E-state index in [2.05, 4.69) is 19.9 Å². The van der Waals surface area contributed by atoms with Crippen LogP contribution in [-0.2, 0) is 27.2 Å². The molecule has 0 aromatic carbocycles. The lowest BCUT2D eigenvalue weighted by Gasteiger charge is -2.41. The number of hydrogen-bond acceptors (Lipinski definition) is 12. The minimum absolute atomic E-state index is 0.0481. The number of aromatic nitrogens is 4. The molecule has 1 unspecified atom stereocenters. The Balaban J connectivity index is 1.59. The molecule has 38 heavy (non-hydrogen) atoms. The first-order valence-corrected chi connectivity index (χ1v) is 12.3. The van der Waals surface area contributed by atoms with Gasteiger partial charge >= 0.3 is 18.0 Å². The first-order chi connectivity index (χ1) is 18.0. The number of fused-ring (bicyclic) bond motifs is 1. The largest absolute Gasteiger partial charge is 0.465 e. The third-order valence-corrected chi connectivity index (χ3v) is 6.09. The van der Waals surface area contributed by atoms with Crippen molar-refractivity contribution in [3.8, 4) is 0 Å². The average molecular weight is 529 g/mol. The maximum absolute atomic E-state index is 13.3. The van der Waals surface area contributed by atoms with Gasteiger partial charge in [0.1, 0.15) is 23.0 Å². The highest BCUT2D eigenvalue weighted by Crippen LogP contribution is 2.25. The van der Waals surface area contributed by atoms with Crippen molar-refractivity contribution in [1.82, 2.24) is 24.8 Å². The molecule has 0 spiro atoms. The zero-order valence-electron chi connectivity index (χ0n) is 21.9. The molecule has 0 bridgehead atoms. The van der Waals surface area contributed by atoms with Crippen molar-refractivity contribution in [3.63, 3.8) is 0 Å². The van der Waals surface area contributed by atoms with Crippen LogP contribution in [0.15, 0.2) is 12.4 Å². The number of carbonyl (C=O) groups is 3. The fraction of sp³-hybridized carbons (Fsp3) is 0.542. The lowest BCUT2D eigenvalue weighted by molar-refractivity contribution is -0.156. The molecule has 0 saturated carbocycles. The number of carbonyl (C=O) groups excluding carboxylic acids is 2. The van der Waals surface area contributed by atoms with Crippen LogP contribution in [0.2, 0.25) is 0 Å². The fourth-order valence-corrected chi connectivity index (χ4v) is 4.29. The van der Waals surface area contributed by atoms with E-state index >= 15 is 0 Å². The highest BCUT2D eigenvalue weighted by molar-refractivity contribution is 5.94. The van der Waals surface area contributed by atoms with Crippen LogP contribution in [0.4, 0.5) is 22.5 Å². The van der Waals surface area contributed by atoms with Crippen molar-refractivity contribution in [3.05, 3.63) is 29.2 Å². The molecule has 1 amide bonds. The Morgan fingerprint density at radius 2 is 1.84 bits per heavy atom. The second-order valence-electron chi connectivity index (χ2n) is 9.97. The van der Waals surface area contributed by atoms with Crippen LogP contribution in [0.5, 0.6) is 0 Å². The third-order valence-electron chi connectivity index (χ3n) is 6.09. The van der Waals surface area contributed by atoms with Gasteiger partial charge in [-0.15, -0.1) is 0 Å². The molecule has 2 aromatic rings. The Labute approximate surface area is 219 Å². The summed E-state index contributed by atoms with van der Waals surface area (Å²) in [5.74, 6) is -0.521. The summed E-state index contributed by atoms with van der Waals surface area (Å²) in [5.41, 5.74) is 6.90. The number of carboxylic acid groups (broad SMARTS) is 1. The van der Waals surface area contributed by atoms with Gasteiger partial charge < -0.3 is 35.0 Å². The number of ether oxygens (including phenoxy) is 2. The Bertz CT molecular complexity index is 1230. The molecule has 1 atom stereocenters. The Morgan fingerprint density at radius 1 is 1.11 bits per heavy atom. The van der Waals surface area contributed by atoms with Gasteiger partial charge in [0.2, 0.25) is 11.9 Å². The standard InChI is InChI=1S/C24H32N8O6/c1-5-37-19(33)15-11-27-22(29-18(15)25)32-9-8-30(13-17(32)20(34)38-24(2,3)4)21-26-10-14-12-31(23(35)36)7-6-16(14)28-21/h10-11,17H,5-9,12-13H2,1-4H3,(H,35,36)(H2,25,27,29). The summed E-state index contributed by atoms with van der Waals surface area (Å²) in [5, 5.41) is 9.27. The Kier molecular flexibility index (Phi) is 7.51. The van der Waals surface area contributed by atoms with Crippen molar-refractivity contribution in [2.75, 3.05) is 48.3 Å². The van der Waals surface area contributed by atoms with Gasteiger partial charge in [-0.05, 0) is 27.7 Å². The molecule has 14 heteroatoms. The molecule has 204 valence electrons. The van der Waals surface area contributed by atoms with E-state index in [1.54, 1.807) is 38.8 Å². The molecule has 0 radical (unpaired) electrons. The van der Waals surface area contributed by atoms with Crippen molar-refractivity contribution >= 4 is 35.7 Å². The second-order valence-corrected chi connectivity index (χ2v) is 9.97. The monoisotopic (exact) mass is 528 g/mol. The summed E-state index contributed by atoms with van der Waals surface area (Å²) < 4.78 is 10.7. The Morgan fingerprint density at radius 3 is 2.50 bits per heavy atom. The van der Waals surface area contributed by atoms with E-state index in [0.717, 1.165) is 11.3 Å². The molecule has 1 fully saturated rings. The van der Waals surface area contributed by atoms with Gasteiger partial charge in [0.05, 0.1) is 25.4 Å². The quantitative estimate of drug-likeness (QED) is 0.528. The van der Waals surface area contributed by atoms with E-state index < -0.39 is 29.7 Å². The number of piperazine rings is 1. The van der Waals surface area contributed by atoms with Crippen molar-refractivity contribution in [2.45, 2.75) is 52.3 Å². The van der Waals surface area contributed by atoms with Gasteiger partial charge in [-0.3, -0.25) is 0 Å². The first-order valence-electron chi connectivity index (χ1n) is 12.3. The molecule has 2 aromatic heterocycles. The number of nitrogens with zero attached hydrogens (tertiary/aromatic N) is 7. The van der Waals surface area contributed by atoms with Crippen LogP contribution in [0.3, 0.4) is 0 Å². The molecule has 4 rings (SSSR count). The van der Waals surface area contributed by atoms with Crippen LogP contribution in [-0.4, -0.2) is 92.4 Å². The molecular formula is C24H32N8O6. The molecule has 1 saturated heterocycles. The number of amides is 1. The van der Waals surface area contributed by atoms with Crippen molar-refractivity contribution in [2.24, 2.45) is 0 Å². The highest BCUT2D eigenvalue weighted by Gasteiger charge is 2.38. The maximum atomic E-state index is 13.3. The second kappa shape index (κ2) is 10.6. The molecular weight excluding hydrogens is 496 g/mol. The normalized spacial score (nSPS) is 17.6. The lowest BCUT2D eigenvalue weighted by atomic mass is 10.1. The number of nitrogen functional groups attached to an aromatic ring is 1. The number of anilines is 3. The summed E-state index contributed by atoms with van der Waals surface area (Å²) >= 11 is 0. The molecule has 0 aliphatic carbocycles. The molecule has 3 N–H and O–H groups in total. The summed E-state index contributed by atoms with van der Waals surface area (Å²) in [6, 6.07) is -0.807. The van der Waals surface area contributed by atoms with Crippen LogP contribution in [0.25, 0.3) is 0 Å². The van der Waals surface area contributed by atoms with E-state index in [0.29, 0.717) is 32.0 Å². The predicted octanol–water partition coefficient (Wildman–Crippen LogP) is 1.10. The molecule has 14 nitrogen and oxygen atoms in total. The maximum Gasteiger partial charge on any atom is 0.407 e. The van der Waals surface area contributed by atoms with E-state index in [9.17, 15) is 19.5 Å². The minimum atomic E-state index is -0.978. The van der Waals surface area contributed by atoms with Crippen LogP contribution in [0.1, 0.15) is 49.3 Å². The molecule has 4 heterocycles. The smallest absolute Gasteiger partial charge is 0.407 e. The molecule has 2 aliphatic rings. The SMILES string of the molecule is CCOC(=O)c1cnc(N2CCN(c3ncc4c(n3)CCN(C(=O)O)C4)CC2C(=O)OC(C)(C)C)nc1N. The summed E-state index contributed by atoms with van der Waals surface area (Å²) in [4.78, 5) is 59.3. The topological polar surface area (TPSA) is 177 Å². The van der Waals surface area contributed by atoms with E-state index in [1.165, 1.54) is 11.1 Å². The van der Waals surface area contributed by atoms with Crippen molar-refractivity contribution in [1.29, 1.82) is 0 Å². The first kappa shape index (κ1) is 26.8. The highest BCUT2D eigenvalue weighted by atomic mass is 16.6. The fourth-order valence-electron chi connectivity index (χ4n) is 4.29. The van der Waals surface area contributed by atoms with Gasteiger partial charge in [0.15, 0.2) is 0 Å². The molecule has 2 aliphatic heterocycles. The van der Waals surface area contributed by atoms with E-state index in [4.69, 9.17) is 15.2 Å². The van der Waals surface area contributed by atoms with Crippen molar-refractivity contribution < 1.29 is 29.0 Å². The number of hydrogen-bond donors (Lipinski definition) is 2. The average Bonchev–Trinajstić information content (AvgIpc) is 2.86. The number of nitrogens with two attached hydrogens (primary N) is 1. The zero-order chi connectivity index (χ0) is 27.6.